The fourth-order valence-corrected chi connectivity index (χ4v) is 1.65. The molecule has 2 N–H and O–H groups in total. The lowest BCUT2D eigenvalue weighted by atomic mass is 10.2. The van der Waals surface area contributed by atoms with E-state index >= 15 is 0 Å². The summed E-state index contributed by atoms with van der Waals surface area (Å²) in [6.07, 6.45) is 2.88. The fourth-order valence-electron chi connectivity index (χ4n) is 1.19. The molecular formula is C7H13N3OS. The van der Waals surface area contributed by atoms with Crippen LogP contribution in [0.25, 0.3) is 0 Å². The van der Waals surface area contributed by atoms with Gasteiger partial charge in [-0.05, 0) is 18.4 Å². The molecule has 2 amide bonds. The van der Waals surface area contributed by atoms with Crippen molar-refractivity contribution < 1.29 is 4.79 Å². The Morgan fingerprint density at radius 3 is 2.83 bits per heavy atom. The zero-order valence-corrected chi connectivity index (χ0v) is 8.07. The number of carbonyl (C=O) groups excluding carboxylic acids is 1. The van der Waals surface area contributed by atoms with E-state index < -0.39 is 0 Å². The summed E-state index contributed by atoms with van der Waals surface area (Å²) in [5, 5.41) is 9.95. The lowest BCUT2D eigenvalue weighted by molar-refractivity contribution is 0.216. The zero-order chi connectivity index (χ0) is 9.14. The van der Waals surface area contributed by atoms with Crippen LogP contribution >= 0.6 is 11.8 Å². The molecule has 0 spiro atoms. The third-order valence-corrected chi connectivity index (χ3v) is 2.60. The second-order valence-electron chi connectivity index (χ2n) is 2.75. The van der Waals surface area contributed by atoms with Crippen molar-refractivity contribution in [1.82, 2.24) is 10.2 Å². The van der Waals surface area contributed by atoms with Crippen LogP contribution in [0.15, 0.2) is 0 Å². The average Bonchev–Trinajstić information content (AvgIpc) is 2.25. The van der Waals surface area contributed by atoms with E-state index in [1.165, 1.54) is 0 Å². The molecule has 0 aromatic carbocycles. The van der Waals surface area contributed by atoms with E-state index in [0.717, 1.165) is 12.2 Å². The number of thioether (sulfide) groups is 1. The van der Waals surface area contributed by atoms with Crippen molar-refractivity contribution >= 4 is 23.6 Å². The highest BCUT2D eigenvalue weighted by Gasteiger charge is 2.31. The van der Waals surface area contributed by atoms with Crippen molar-refractivity contribution in [2.45, 2.75) is 12.5 Å². The fraction of sp³-hybridized carbons (Fsp3) is 0.714. The van der Waals surface area contributed by atoms with Gasteiger partial charge in [0.2, 0.25) is 0 Å². The number of likely N-dealkylation sites (N-methyl/N-ethyl adjacent to an activating group) is 1. The van der Waals surface area contributed by atoms with Crippen LogP contribution < -0.4 is 5.32 Å². The number of rotatable bonds is 3. The van der Waals surface area contributed by atoms with Gasteiger partial charge in [0.15, 0.2) is 0 Å². The van der Waals surface area contributed by atoms with Gasteiger partial charge in [-0.25, -0.2) is 4.79 Å². The second-order valence-corrected chi connectivity index (χ2v) is 3.74. The van der Waals surface area contributed by atoms with Gasteiger partial charge in [-0.2, -0.15) is 11.8 Å². The van der Waals surface area contributed by atoms with E-state index in [0.29, 0.717) is 5.84 Å². The number of nitrogens with zero attached hydrogens (tertiary/aromatic N) is 1. The van der Waals surface area contributed by atoms with Crippen LogP contribution in [0.1, 0.15) is 6.42 Å². The minimum Gasteiger partial charge on any atom is -0.317 e. The molecule has 0 radical (unpaired) electrons. The van der Waals surface area contributed by atoms with Crippen LogP contribution in [-0.4, -0.2) is 41.9 Å². The van der Waals surface area contributed by atoms with Crippen molar-refractivity contribution in [2.24, 2.45) is 0 Å². The highest BCUT2D eigenvalue weighted by atomic mass is 32.2. The van der Waals surface area contributed by atoms with Crippen LogP contribution in [0, 0.1) is 5.41 Å². The van der Waals surface area contributed by atoms with Gasteiger partial charge in [0.25, 0.3) is 0 Å². The predicted octanol–water partition coefficient (Wildman–Crippen LogP) is 0.740. The van der Waals surface area contributed by atoms with E-state index in [1.54, 1.807) is 23.7 Å². The van der Waals surface area contributed by atoms with Crippen molar-refractivity contribution in [1.29, 1.82) is 5.41 Å². The van der Waals surface area contributed by atoms with Gasteiger partial charge in [-0.15, -0.1) is 0 Å². The molecule has 1 rings (SSSR count). The summed E-state index contributed by atoms with van der Waals surface area (Å²) in [5.41, 5.74) is 0. The molecule has 1 fully saturated rings. The molecule has 0 saturated carbocycles. The van der Waals surface area contributed by atoms with Crippen LogP contribution in [0.5, 0.6) is 0 Å². The van der Waals surface area contributed by atoms with Gasteiger partial charge < -0.3 is 4.90 Å². The smallest absolute Gasteiger partial charge is 0.317 e. The molecular weight excluding hydrogens is 174 g/mol. The maximum absolute atomic E-state index is 11.0. The van der Waals surface area contributed by atoms with Gasteiger partial charge in [-0.3, -0.25) is 10.7 Å². The van der Waals surface area contributed by atoms with E-state index in [1.807, 2.05) is 6.26 Å². The first-order valence-corrected chi connectivity index (χ1v) is 5.17. The first kappa shape index (κ1) is 9.38. The molecule has 1 saturated heterocycles. The first-order valence-electron chi connectivity index (χ1n) is 3.78. The Labute approximate surface area is 76.2 Å². The number of amides is 2. The van der Waals surface area contributed by atoms with Gasteiger partial charge in [-0.1, -0.05) is 0 Å². The summed E-state index contributed by atoms with van der Waals surface area (Å²) in [7, 11) is 1.72. The minimum absolute atomic E-state index is 0.0371. The highest BCUT2D eigenvalue weighted by Crippen LogP contribution is 2.11. The highest BCUT2D eigenvalue weighted by molar-refractivity contribution is 7.98. The Balaban J connectivity index is 2.51. The van der Waals surface area contributed by atoms with E-state index in [2.05, 4.69) is 5.32 Å². The number of nitrogens with one attached hydrogen (secondary N) is 2. The third kappa shape index (κ3) is 1.72. The normalized spacial score (nSPS) is 23.2. The van der Waals surface area contributed by atoms with Gasteiger partial charge >= 0.3 is 6.03 Å². The molecule has 0 aromatic heterocycles. The molecule has 0 bridgehead atoms. The predicted molar refractivity (Wildman–Crippen MR) is 50.8 cm³/mol. The molecule has 1 aliphatic rings. The van der Waals surface area contributed by atoms with Crippen LogP contribution in [0.3, 0.4) is 0 Å². The molecule has 4 nitrogen and oxygen atoms in total. The summed E-state index contributed by atoms with van der Waals surface area (Å²) >= 11 is 1.73. The number of hydrogen-bond donors (Lipinski definition) is 2. The lowest BCUT2D eigenvalue weighted by Crippen LogP contribution is -2.31. The van der Waals surface area contributed by atoms with E-state index in [9.17, 15) is 4.79 Å². The topological polar surface area (TPSA) is 56.2 Å². The molecule has 5 heteroatoms. The number of amidine groups is 1. The standard InChI is InChI=1S/C7H13N3OS/c1-10-5(3-4-12-2)6(8)9-7(10)11/h5H,3-4H2,1-2H3,(H2,8,9,11). The molecule has 68 valence electrons. The Bertz CT molecular complexity index is 207. The van der Waals surface area contributed by atoms with Gasteiger partial charge in [0.1, 0.15) is 5.84 Å². The quantitative estimate of drug-likeness (QED) is 0.684. The number of hydrogen-bond acceptors (Lipinski definition) is 3. The molecule has 1 atom stereocenters. The summed E-state index contributed by atoms with van der Waals surface area (Å²) in [4.78, 5) is 12.6. The van der Waals surface area contributed by atoms with Crippen LogP contribution in [0.2, 0.25) is 0 Å². The summed E-state index contributed by atoms with van der Waals surface area (Å²) < 4.78 is 0. The summed E-state index contributed by atoms with van der Waals surface area (Å²) in [6, 6.07) is -0.198. The van der Waals surface area contributed by atoms with E-state index in [4.69, 9.17) is 5.41 Å². The molecule has 1 aliphatic heterocycles. The van der Waals surface area contributed by atoms with Gasteiger partial charge in [0.05, 0.1) is 6.04 Å². The molecule has 1 heterocycles. The summed E-state index contributed by atoms with van der Waals surface area (Å²) in [5.74, 6) is 1.31. The molecule has 1 unspecified atom stereocenters. The van der Waals surface area contributed by atoms with Crippen molar-refractivity contribution in [3.05, 3.63) is 0 Å². The lowest BCUT2D eigenvalue weighted by Gasteiger charge is -2.16. The third-order valence-electron chi connectivity index (χ3n) is 1.96. The number of carbonyl (C=O) groups is 1. The Morgan fingerprint density at radius 2 is 2.42 bits per heavy atom. The maximum atomic E-state index is 11.0. The van der Waals surface area contributed by atoms with Crippen LogP contribution in [0.4, 0.5) is 4.79 Å². The first-order chi connectivity index (χ1) is 5.66. The second kappa shape index (κ2) is 3.80. The van der Waals surface area contributed by atoms with Crippen molar-refractivity contribution in [3.63, 3.8) is 0 Å². The largest absolute Gasteiger partial charge is 0.323 e. The zero-order valence-electron chi connectivity index (χ0n) is 7.26. The van der Waals surface area contributed by atoms with E-state index in [-0.39, 0.29) is 12.1 Å². The van der Waals surface area contributed by atoms with Crippen LogP contribution in [-0.2, 0) is 0 Å². The molecule has 12 heavy (non-hydrogen) atoms. The molecule has 0 aromatic rings. The Hall–Kier alpha value is -0.710. The van der Waals surface area contributed by atoms with Crippen molar-refractivity contribution in [3.8, 4) is 0 Å². The Kier molecular flexibility index (Phi) is 2.97. The monoisotopic (exact) mass is 187 g/mol. The minimum atomic E-state index is -0.161. The SMILES string of the molecule is CSCCC1C(=N)NC(=O)N1C. The maximum Gasteiger partial charge on any atom is 0.323 e. The molecule has 0 aliphatic carbocycles. The van der Waals surface area contributed by atoms with Crippen molar-refractivity contribution in [2.75, 3.05) is 19.1 Å². The van der Waals surface area contributed by atoms with Gasteiger partial charge in [0, 0.05) is 7.05 Å². The Morgan fingerprint density at radius 1 is 1.75 bits per heavy atom. The number of urea groups is 1. The summed E-state index contributed by atoms with van der Waals surface area (Å²) in [6.45, 7) is 0. The average molecular weight is 187 g/mol.